The van der Waals surface area contributed by atoms with Crippen molar-refractivity contribution in [2.75, 3.05) is 27.2 Å². The van der Waals surface area contributed by atoms with Gasteiger partial charge < -0.3 is 14.9 Å². The van der Waals surface area contributed by atoms with Gasteiger partial charge in [-0.25, -0.2) is 0 Å². The minimum Gasteiger partial charge on any atom is -0.507 e. The largest absolute Gasteiger partial charge is 0.507 e. The van der Waals surface area contributed by atoms with Crippen LogP contribution in [0.4, 0.5) is 0 Å². The van der Waals surface area contributed by atoms with Crippen LogP contribution in [0.15, 0.2) is 72.4 Å². The maximum absolute atomic E-state index is 13.0. The molecule has 0 aliphatic carbocycles. The van der Waals surface area contributed by atoms with E-state index in [1.54, 1.807) is 24.4 Å². The number of amides is 1. The Kier molecular flexibility index (Phi) is 5.82. The van der Waals surface area contributed by atoms with Crippen LogP contribution in [0.3, 0.4) is 0 Å². The van der Waals surface area contributed by atoms with E-state index in [-0.39, 0.29) is 11.3 Å². The zero-order chi connectivity index (χ0) is 22.0. The number of pyridine rings is 1. The summed E-state index contributed by atoms with van der Waals surface area (Å²) in [6, 6.07) is 18.0. The number of aliphatic hydroxyl groups excluding tert-OH is 1. The molecule has 31 heavy (non-hydrogen) atoms. The molecule has 1 atom stereocenters. The lowest BCUT2D eigenvalue weighted by molar-refractivity contribution is -0.140. The van der Waals surface area contributed by atoms with E-state index in [4.69, 9.17) is 0 Å². The van der Waals surface area contributed by atoms with Gasteiger partial charge in [-0.3, -0.25) is 14.6 Å². The molecule has 3 aromatic rings. The highest BCUT2D eigenvalue weighted by molar-refractivity contribution is 6.46. The first-order chi connectivity index (χ1) is 15.0. The maximum atomic E-state index is 13.0. The Labute approximate surface area is 181 Å². The molecule has 1 aromatic heterocycles. The molecule has 0 bridgehead atoms. The van der Waals surface area contributed by atoms with Crippen LogP contribution in [0.1, 0.15) is 23.7 Å². The van der Waals surface area contributed by atoms with Gasteiger partial charge in [0.1, 0.15) is 11.8 Å². The molecule has 4 rings (SSSR count). The van der Waals surface area contributed by atoms with Gasteiger partial charge >= 0.3 is 0 Å². The third kappa shape index (κ3) is 4.07. The molecular formula is C25H25N3O3. The van der Waals surface area contributed by atoms with E-state index >= 15 is 0 Å². The highest BCUT2D eigenvalue weighted by Crippen LogP contribution is 2.38. The fourth-order valence-electron chi connectivity index (χ4n) is 4.01. The topological polar surface area (TPSA) is 73.7 Å². The summed E-state index contributed by atoms with van der Waals surface area (Å²) in [7, 11) is 3.92. The number of carbonyl (C=O) groups excluding carboxylic acids is 2. The molecule has 158 valence electrons. The van der Waals surface area contributed by atoms with Crippen LogP contribution in [0, 0.1) is 0 Å². The van der Waals surface area contributed by atoms with E-state index in [1.165, 1.54) is 4.90 Å². The summed E-state index contributed by atoms with van der Waals surface area (Å²) in [5, 5.41) is 13.2. The Bertz CT molecular complexity index is 1150. The molecule has 1 fully saturated rings. The summed E-state index contributed by atoms with van der Waals surface area (Å²) in [5.41, 5.74) is 1.16. The van der Waals surface area contributed by atoms with E-state index in [0.717, 1.165) is 17.3 Å². The molecule has 1 saturated heterocycles. The van der Waals surface area contributed by atoms with Crippen LogP contribution in [0.25, 0.3) is 16.5 Å². The molecule has 0 saturated carbocycles. The summed E-state index contributed by atoms with van der Waals surface area (Å²) in [5.74, 6) is -1.45. The van der Waals surface area contributed by atoms with Gasteiger partial charge in [-0.1, -0.05) is 42.5 Å². The highest BCUT2D eigenvalue weighted by atomic mass is 16.3. The first-order valence-corrected chi connectivity index (χ1v) is 10.3. The molecule has 6 heteroatoms. The van der Waals surface area contributed by atoms with Crippen molar-refractivity contribution >= 4 is 28.2 Å². The fourth-order valence-corrected chi connectivity index (χ4v) is 4.01. The lowest BCUT2D eigenvalue weighted by Crippen LogP contribution is -2.32. The normalized spacial score (nSPS) is 18.3. The van der Waals surface area contributed by atoms with E-state index < -0.39 is 17.7 Å². The molecule has 2 heterocycles. The first-order valence-electron chi connectivity index (χ1n) is 10.3. The second kappa shape index (κ2) is 8.70. The number of rotatable bonds is 6. The molecule has 1 amide bonds. The van der Waals surface area contributed by atoms with Crippen LogP contribution in [-0.4, -0.2) is 58.8 Å². The molecule has 2 aromatic carbocycles. The average Bonchev–Trinajstić information content (AvgIpc) is 3.03. The van der Waals surface area contributed by atoms with E-state index in [1.807, 2.05) is 61.5 Å². The number of aromatic nitrogens is 1. The van der Waals surface area contributed by atoms with Crippen molar-refractivity contribution in [1.82, 2.24) is 14.8 Å². The van der Waals surface area contributed by atoms with Crippen LogP contribution < -0.4 is 0 Å². The number of hydrogen-bond donors (Lipinski definition) is 1. The van der Waals surface area contributed by atoms with Gasteiger partial charge in [0.05, 0.1) is 11.3 Å². The second-order valence-corrected chi connectivity index (χ2v) is 7.97. The van der Waals surface area contributed by atoms with E-state index in [2.05, 4.69) is 4.98 Å². The molecule has 1 N–H and O–H groups in total. The number of Topliss-reactive ketones (excluding diaryl/α,β-unsaturated/α-hetero) is 1. The van der Waals surface area contributed by atoms with Crippen LogP contribution in [0.5, 0.6) is 0 Å². The average molecular weight is 415 g/mol. The number of nitrogens with zero attached hydrogens (tertiary/aromatic N) is 3. The number of likely N-dealkylation sites (tertiary alicyclic amines) is 1. The third-order valence-electron chi connectivity index (χ3n) is 5.54. The molecule has 6 nitrogen and oxygen atoms in total. The van der Waals surface area contributed by atoms with Crippen molar-refractivity contribution in [3.63, 3.8) is 0 Å². The first kappa shape index (κ1) is 20.8. The van der Waals surface area contributed by atoms with Crippen molar-refractivity contribution < 1.29 is 14.7 Å². The van der Waals surface area contributed by atoms with Gasteiger partial charge in [0.2, 0.25) is 0 Å². The van der Waals surface area contributed by atoms with Crippen LogP contribution >= 0.6 is 0 Å². The van der Waals surface area contributed by atoms with Crippen molar-refractivity contribution in [2.24, 2.45) is 0 Å². The highest BCUT2D eigenvalue weighted by Gasteiger charge is 2.46. The Balaban J connectivity index is 1.80. The number of hydrogen-bond acceptors (Lipinski definition) is 5. The number of carbonyl (C=O) groups is 2. The predicted molar refractivity (Wildman–Crippen MR) is 120 cm³/mol. The maximum Gasteiger partial charge on any atom is 0.295 e. The van der Waals surface area contributed by atoms with Crippen LogP contribution in [0.2, 0.25) is 0 Å². The lowest BCUT2D eigenvalue weighted by atomic mass is 9.97. The number of fused-ring (bicyclic) bond motifs is 1. The molecule has 1 aliphatic heterocycles. The van der Waals surface area contributed by atoms with Gasteiger partial charge in [-0.2, -0.15) is 0 Å². The van der Waals surface area contributed by atoms with Crippen molar-refractivity contribution in [3.05, 3.63) is 83.7 Å². The second-order valence-electron chi connectivity index (χ2n) is 7.97. The lowest BCUT2D eigenvalue weighted by Gasteiger charge is -2.25. The Morgan fingerprint density at radius 2 is 1.77 bits per heavy atom. The minimum absolute atomic E-state index is 0.0869. The molecule has 1 aliphatic rings. The zero-order valence-corrected chi connectivity index (χ0v) is 17.7. The van der Waals surface area contributed by atoms with Crippen molar-refractivity contribution in [3.8, 4) is 0 Å². The summed E-state index contributed by atoms with van der Waals surface area (Å²) in [6.45, 7) is 1.18. The van der Waals surface area contributed by atoms with Gasteiger partial charge in [0.15, 0.2) is 0 Å². The monoisotopic (exact) mass is 415 g/mol. The Morgan fingerprint density at radius 3 is 2.48 bits per heavy atom. The quantitative estimate of drug-likeness (QED) is 0.378. The third-order valence-corrected chi connectivity index (χ3v) is 5.54. The predicted octanol–water partition coefficient (Wildman–Crippen LogP) is 3.61. The van der Waals surface area contributed by atoms with Crippen LogP contribution in [-0.2, 0) is 9.59 Å². The summed E-state index contributed by atoms with van der Waals surface area (Å²) in [4.78, 5) is 33.9. The number of ketones is 1. The molecular weight excluding hydrogens is 390 g/mol. The number of benzene rings is 2. The van der Waals surface area contributed by atoms with Crippen molar-refractivity contribution in [2.45, 2.75) is 12.5 Å². The SMILES string of the molecule is CN(C)CCCN1C(=O)C(=O)/C(=C(\O)c2ccc3ccccc3c2)C1c1ccccn1. The van der Waals surface area contributed by atoms with Gasteiger partial charge in [0, 0.05) is 18.3 Å². The summed E-state index contributed by atoms with van der Waals surface area (Å²) >= 11 is 0. The zero-order valence-electron chi connectivity index (χ0n) is 17.7. The smallest absolute Gasteiger partial charge is 0.295 e. The van der Waals surface area contributed by atoms with Crippen molar-refractivity contribution in [1.29, 1.82) is 0 Å². The molecule has 0 radical (unpaired) electrons. The molecule has 1 unspecified atom stereocenters. The van der Waals surface area contributed by atoms with Gasteiger partial charge in [0.25, 0.3) is 11.7 Å². The van der Waals surface area contributed by atoms with Gasteiger partial charge in [-0.05, 0) is 56.0 Å². The standard InChI is InChI=1S/C25H25N3O3/c1-27(2)14-7-15-28-22(20-10-5-6-13-26-20)21(24(30)25(28)31)23(29)19-12-11-17-8-3-4-9-18(17)16-19/h3-6,8-13,16,22,29H,7,14-15H2,1-2H3/b23-21-. The summed E-state index contributed by atoms with van der Waals surface area (Å²) in [6.07, 6.45) is 2.34. The Morgan fingerprint density at radius 1 is 1.03 bits per heavy atom. The van der Waals surface area contributed by atoms with E-state index in [9.17, 15) is 14.7 Å². The molecule has 0 spiro atoms. The number of aliphatic hydroxyl groups is 1. The minimum atomic E-state index is -0.713. The summed E-state index contributed by atoms with van der Waals surface area (Å²) < 4.78 is 0. The van der Waals surface area contributed by atoms with Gasteiger partial charge in [-0.15, -0.1) is 0 Å². The van der Waals surface area contributed by atoms with E-state index in [0.29, 0.717) is 24.2 Å². The Hall–Kier alpha value is -3.51. The fraction of sp³-hybridized carbons (Fsp3) is 0.240.